The van der Waals surface area contributed by atoms with Gasteiger partial charge in [-0.05, 0) is 79.3 Å². The van der Waals surface area contributed by atoms with Crippen molar-refractivity contribution in [2.45, 2.75) is 63.8 Å². The van der Waals surface area contributed by atoms with Crippen molar-refractivity contribution in [3.63, 3.8) is 0 Å². The molecule has 3 aromatic rings. The summed E-state index contributed by atoms with van der Waals surface area (Å²) in [5, 5.41) is 12.8. The number of amides is 3. The van der Waals surface area contributed by atoms with Gasteiger partial charge in [-0.2, -0.15) is 0 Å². The van der Waals surface area contributed by atoms with E-state index in [9.17, 15) is 14.7 Å². The van der Waals surface area contributed by atoms with Crippen molar-refractivity contribution >= 4 is 39.9 Å². The largest absolute Gasteiger partial charge is 0.494 e. The van der Waals surface area contributed by atoms with Crippen molar-refractivity contribution in [3.8, 4) is 5.75 Å². The molecule has 9 nitrogen and oxygen atoms in total. The zero-order valence-electron chi connectivity index (χ0n) is 28.7. The topological polar surface area (TPSA) is 99.6 Å². The molecular weight excluding hydrogens is 618 g/mol. The SMILES string of the molecule is C=CCN(C(=O)C1N([C@@H](CO)CC(C)C)C(=O)[C@@H]2[C@@H](C(=O)N(CC=C)c3ccc(OCC)cc3)[C@H]3CCC12O3)c1ccc2ccccc2c1. The predicted octanol–water partition coefficient (Wildman–Crippen LogP) is 5.76. The summed E-state index contributed by atoms with van der Waals surface area (Å²) in [5.41, 5.74) is 0.105. The number of fused-ring (bicyclic) bond motifs is 2. The highest BCUT2D eigenvalue weighted by atomic mass is 16.5. The molecule has 6 rings (SSSR count). The van der Waals surface area contributed by atoms with Crippen LogP contribution in [0.15, 0.2) is 92.0 Å². The molecule has 3 fully saturated rings. The molecule has 6 atom stereocenters. The summed E-state index contributed by atoms with van der Waals surface area (Å²) in [6.45, 7) is 14.4. The summed E-state index contributed by atoms with van der Waals surface area (Å²) in [5.74, 6) is -1.73. The number of carbonyl (C=O) groups is 3. The molecule has 0 aromatic heterocycles. The first kappa shape index (κ1) is 34.4. The maximum absolute atomic E-state index is 15.1. The maximum Gasteiger partial charge on any atom is 0.253 e. The predicted molar refractivity (Wildman–Crippen MR) is 191 cm³/mol. The summed E-state index contributed by atoms with van der Waals surface area (Å²) >= 11 is 0. The maximum atomic E-state index is 15.1. The number of rotatable bonds is 14. The van der Waals surface area contributed by atoms with E-state index in [-0.39, 0.29) is 43.3 Å². The number of nitrogens with zero attached hydrogens (tertiary/aromatic N) is 3. The van der Waals surface area contributed by atoms with Crippen LogP contribution < -0.4 is 14.5 Å². The first-order chi connectivity index (χ1) is 23.7. The number of ether oxygens (including phenoxy) is 2. The fraction of sp³-hybridized carbons (Fsp3) is 0.425. The van der Waals surface area contributed by atoms with Crippen molar-refractivity contribution in [2.24, 2.45) is 17.8 Å². The standard InChI is InChI=1S/C40H47N3O6/c1-6-21-41(29-15-17-32(18-16-29)48-8-3)37(45)34-33-19-20-40(49-33)35(34)38(46)43(31(25-44)23-26(4)5)36(40)39(47)42(22-7-2)30-14-13-27-11-9-10-12-28(27)24-30/h6-7,9-18,24,26,31,33-36,44H,1-2,8,19-23,25H2,3-5H3/t31-,33-,34+,35+,36?,40?/m1/s1. The number of aliphatic hydroxyl groups excluding tert-OH is 1. The Hall–Kier alpha value is -4.47. The Balaban J connectivity index is 1.42. The average Bonchev–Trinajstić information content (AvgIpc) is 3.75. The van der Waals surface area contributed by atoms with Crippen LogP contribution in [-0.4, -0.2) is 77.8 Å². The molecule has 0 aliphatic carbocycles. The molecule has 49 heavy (non-hydrogen) atoms. The molecule has 9 heteroatoms. The third-order valence-electron chi connectivity index (χ3n) is 10.3. The van der Waals surface area contributed by atoms with Crippen molar-refractivity contribution in [3.05, 3.63) is 92.0 Å². The average molecular weight is 666 g/mol. The molecule has 258 valence electrons. The van der Waals surface area contributed by atoms with Gasteiger partial charge in [0.05, 0.1) is 37.2 Å². The third kappa shape index (κ3) is 6.04. The minimum absolute atomic E-state index is 0.140. The lowest BCUT2D eigenvalue weighted by Crippen LogP contribution is -2.59. The Morgan fingerprint density at radius 1 is 1.00 bits per heavy atom. The first-order valence-corrected chi connectivity index (χ1v) is 17.4. The van der Waals surface area contributed by atoms with Crippen LogP contribution in [0.3, 0.4) is 0 Å². The molecule has 3 aliphatic heterocycles. The van der Waals surface area contributed by atoms with Crippen LogP contribution in [0.4, 0.5) is 11.4 Å². The van der Waals surface area contributed by atoms with E-state index in [0.29, 0.717) is 43.0 Å². The normalized spacial score (nSPS) is 24.6. The van der Waals surface area contributed by atoms with Crippen molar-refractivity contribution in [2.75, 3.05) is 36.1 Å². The summed E-state index contributed by atoms with van der Waals surface area (Å²) in [6.07, 6.45) is 4.28. The fourth-order valence-electron chi connectivity index (χ4n) is 8.33. The van der Waals surface area contributed by atoms with Crippen LogP contribution in [0.5, 0.6) is 5.75 Å². The van der Waals surface area contributed by atoms with Gasteiger partial charge in [0.2, 0.25) is 11.8 Å². The Morgan fingerprint density at radius 3 is 2.29 bits per heavy atom. The molecule has 2 unspecified atom stereocenters. The van der Waals surface area contributed by atoms with Gasteiger partial charge in [-0.15, -0.1) is 13.2 Å². The molecule has 0 radical (unpaired) electrons. The molecule has 3 saturated heterocycles. The lowest BCUT2D eigenvalue weighted by molar-refractivity contribution is -0.144. The zero-order chi connectivity index (χ0) is 34.9. The smallest absolute Gasteiger partial charge is 0.253 e. The first-order valence-electron chi connectivity index (χ1n) is 17.4. The van der Waals surface area contributed by atoms with Crippen LogP contribution in [0.2, 0.25) is 0 Å². The molecule has 3 aromatic carbocycles. The summed E-state index contributed by atoms with van der Waals surface area (Å²) < 4.78 is 12.4. The molecule has 1 spiro atoms. The number of carbonyl (C=O) groups excluding carboxylic acids is 3. The second-order valence-electron chi connectivity index (χ2n) is 13.7. The van der Waals surface area contributed by atoms with E-state index in [1.165, 1.54) is 0 Å². The van der Waals surface area contributed by atoms with Gasteiger partial charge in [-0.3, -0.25) is 14.4 Å². The van der Waals surface area contributed by atoms with Crippen LogP contribution in [0.1, 0.15) is 40.0 Å². The van der Waals surface area contributed by atoms with Gasteiger partial charge in [0.25, 0.3) is 5.91 Å². The Morgan fingerprint density at radius 2 is 1.65 bits per heavy atom. The van der Waals surface area contributed by atoms with E-state index in [0.717, 1.165) is 10.8 Å². The molecule has 3 aliphatic rings. The Kier molecular flexibility index (Phi) is 9.95. The number of anilines is 2. The van der Waals surface area contributed by atoms with E-state index < -0.39 is 35.6 Å². The van der Waals surface area contributed by atoms with Crippen LogP contribution in [-0.2, 0) is 19.1 Å². The highest BCUT2D eigenvalue weighted by Gasteiger charge is 2.75. The van der Waals surface area contributed by atoms with Crippen LogP contribution >= 0.6 is 0 Å². The van der Waals surface area contributed by atoms with Gasteiger partial charge < -0.3 is 29.3 Å². The van der Waals surface area contributed by atoms with Crippen LogP contribution in [0, 0.1) is 17.8 Å². The number of aliphatic hydroxyl groups is 1. The van der Waals surface area contributed by atoms with Crippen molar-refractivity contribution in [1.82, 2.24) is 4.90 Å². The molecule has 3 heterocycles. The Labute approximate surface area is 288 Å². The van der Waals surface area contributed by atoms with Crippen molar-refractivity contribution in [1.29, 1.82) is 0 Å². The quantitative estimate of drug-likeness (QED) is 0.220. The second-order valence-corrected chi connectivity index (χ2v) is 13.7. The zero-order valence-corrected chi connectivity index (χ0v) is 28.7. The van der Waals surface area contributed by atoms with E-state index in [4.69, 9.17) is 9.47 Å². The molecule has 1 N–H and O–H groups in total. The molecule has 2 bridgehead atoms. The monoisotopic (exact) mass is 665 g/mol. The summed E-state index contributed by atoms with van der Waals surface area (Å²) in [7, 11) is 0. The highest BCUT2D eigenvalue weighted by molar-refractivity contribution is 6.07. The third-order valence-corrected chi connectivity index (χ3v) is 10.3. The lowest BCUT2D eigenvalue weighted by atomic mass is 9.70. The van der Waals surface area contributed by atoms with Crippen LogP contribution in [0.25, 0.3) is 10.8 Å². The van der Waals surface area contributed by atoms with E-state index in [1.54, 1.807) is 26.9 Å². The lowest BCUT2D eigenvalue weighted by Gasteiger charge is -2.39. The van der Waals surface area contributed by atoms with Gasteiger partial charge >= 0.3 is 0 Å². The second kappa shape index (κ2) is 14.2. The van der Waals surface area contributed by atoms with Gasteiger partial charge in [-0.25, -0.2) is 0 Å². The minimum atomic E-state index is -1.22. The number of hydrogen-bond acceptors (Lipinski definition) is 6. The van der Waals surface area contributed by atoms with Gasteiger partial charge in [0, 0.05) is 24.5 Å². The molecule has 3 amide bonds. The van der Waals surface area contributed by atoms with E-state index in [2.05, 4.69) is 13.2 Å². The molecule has 0 saturated carbocycles. The van der Waals surface area contributed by atoms with E-state index >= 15 is 4.79 Å². The Bertz CT molecular complexity index is 1720. The number of benzene rings is 3. The van der Waals surface area contributed by atoms with Gasteiger partial charge in [0.15, 0.2) is 0 Å². The van der Waals surface area contributed by atoms with Gasteiger partial charge in [-0.1, -0.05) is 56.3 Å². The minimum Gasteiger partial charge on any atom is -0.494 e. The van der Waals surface area contributed by atoms with Gasteiger partial charge in [0.1, 0.15) is 17.4 Å². The molecular formula is C40H47N3O6. The summed E-state index contributed by atoms with van der Waals surface area (Å²) in [4.78, 5) is 49.4. The summed E-state index contributed by atoms with van der Waals surface area (Å²) in [6, 6.07) is 19.4. The fourth-order valence-corrected chi connectivity index (χ4v) is 8.33. The number of hydrogen-bond donors (Lipinski definition) is 1. The van der Waals surface area contributed by atoms with Crippen molar-refractivity contribution < 1.29 is 29.0 Å². The van der Waals surface area contributed by atoms with E-state index in [1.807, 2.05) is 87.5 Å². The number of likely N-dealkylation sites (tertiary alicyclic amines) is 1. The highest BCUT2D eigenvalue weighted by Crippen LogP contribution is 2.59.